The summed E-state index contributed by atoms with van der Waals surface area (Å²) in [6.45, 7) is 0.194. The summed E-state index contributed by atoms with van der Waals surface area (Å²) in [5.41, 5.74) is 1.84. The van der Waals surface area contributed by atoms with Crippen molar-refractivity contribution in [1.82, 2.24) is 9.73 Å². The fraction of sp³-hybridized carbons (Fsp3) is 0.462. The Morgan fingerprint density at radius 3 is 2.44 bits per heavy atom. The fourth-order valence-electron chi connectivity index (χ4n) is 2.96. The van der Waals surface area contributed by atoms with Crippen LogP contribution in [0.3, 0.4) is 0 Å². The Morgan fingerprint density at radius 1 is 1.32 bits per heavy atom. The number of non-ortho nitro benzene ring substituents is 1. The minimum atomic E-state index is -3.98. The second kappa shape index (κ2) is 6.76. The SMILES string of the molecule is NNC(=O)[C@@H]1CC2(CN1S(=O)(=O)c1ccc([N+](=O)[O-])cc1)SCCS2. The smallest absolute Gasteiger partial charge is 0.269 e. The molecule has 2 saturated heterocycles. The monoisotopic (exact) mass is 404 g/mol. The molecule has 2 aliphatic rings. The van der Waals surface area contributed by atoms with Crippen LogP contribution < -0.4 is 11.3 Å². The number of nitrogens with one attached hydrogen (secondary N) is 1. The average molecular weight is 404 g/mol. The molecular formula is C13H16N4O5S3. The van der Waals surface area contributed by atoms with Crippen LogP contribution in [0.15, 0.2) is 29.2 Å². The van der Waals surface area contributed by atoms with Gasteiger partial charge in [0, 0.05) is 30.2 Å². The fourth-order valence-corrected chi connectivity index (χ4v) is 8.03. The molecule has 0 radical (unpaired) electrons. The van der Waals surface area contributed by atoms with Gasteiger partial charge in [0.25, 0.3) is 11.6 Å². The highest BCUT2D eigenvalue weighted by Gasteiger charge is 2.53. The van der Waals surface area contributed by atoms with Crippen LogP contribution in [-0.4, -0.2) is 51.7 Å². The molecule has 12 heteroatoms. The van der Waals surface area contributed by atoms with E-state index in [1.165, 1.54) is 12.1 Å². The van der Waals surface area contributed by atoms with Gasteiger partial charge in [-0.15, -0.1) is 23.5 Å². The molecule has 0 unspecified atom stereocenters. The maximum atomic E-state index is 13.0. The van der Waals surface area contributed by atoms with E-state index in [1.807, 2.05) is 5.43 Å². The number of rotatable bonds is 4. The third kappa shape index (κ3) is 3.36. The summed E-state index contributed by atoms with van der Waals surface area (Å²) in [5.74, 6) is 6.46. The molecule has 1 spiro atoms. The van der Waals surface area contributed by atoms with Gasteiger partial charge in [-0.3, -0.25) is 20.3 Å². The molecule has 25 heavy (non-hydrogen) atoms. The first-order chi connectivity index (χ1) is 11.8. The third-order valence-corrected chi connectivity index (χ3v) is 9.46. The number of carbonyl (C=O) groups excluding carboxylic acids is 1. The number of nitrogens with zero attached hydrogens (tertiary/aromatic N) is 2. The van der Waals surface area contributed by atoms with Crippen LogP contribution in [0.25, 0.3) is 0 Å². The lowest BCUT2D eigenvalue weighted by Gasteiger charge is -2.23. The summed E-state index contributed by atoms with van der Waals surface area (Å²) in [6.07, 6.45) is 0.373. The predicted molar refractivity (Wildman–Crippen MR) is 95.4 cm³/mol. The second-order valence-corrected chi connectivity index (χ2v) is 10.7. The van der Waals surface area contributed by atoms with E-state index < -0.39 is 26.9 Å². The van der Waals surface area contributed by atoms with E-state index in [4.69, 9.17) is 5.84 Å². The van der Waals surface area contributed by atoms with E-state index in [0.29, 0.717) is 6.42 Å². The van der Waals surface area contributed by atoms with Crippen molar-refractivity contribution in [2.75, 3.05) is 18.1 Å². The van der Waals surface area contributed by atoms with Crippen molar-refractivity contribution in [3.63, 3.8) is 0 Å². The van der Waals surface area contributed by atoms with Crippen LogP contribution in [0.2, 0.25) is 0 Å². The van der Waals surface area contributed by atoms with Crippen LogP contribution in [0, 0.1) is 10.1 Å². The molecule has 9 nitrogen and oxygen atoms in total. The van der Waals surface area contributed by atoms with Crippen molar-refractivity contribution < 1.29 is 18.1 Å². The minimum Gasteiger partial charge on any atom is -0.293 e. The zero-order valence-electron chi connectivity index (χ0n) is 13.0. The number of thioether (sulfide) groups is 2. The van der Waals surface area contributed by atoms with Crippen molar-refractivity contribution in [2.45, 2.75) is 21.4 Å². The number of hydrogen-bond donors (Lipinski definition) is 2. The van der Waals surface area contributed by atoms with Crippen molar-refractivity contribution in [3.8, 4) is 0 Å². The predicted octanol–water partition coefficient (Wildman–Crippen LogP) is 0.524. The van der Waals surface area contributed by atoms with Gasteiger partial charge in [0.1, 0.15) is 6.04 Å². The van der Waals surface area contributed by atoms with Gasteiger partial charge in [0.2, 0.25) is 10.0 Å². The Bertz CT molecular complexity index is 792. The Kier molecular flexibility index (Phi) is 4.99. The zero-order chi connectivity index (χ0) is 18.2. The zero-order valence-corrected chi connectivity index (χ0v) is 15.4. The summed E-state index contributed by atoms with van der Waals surface area (Å²) < 4.78 is 26.8. The molecule has 1 aromatic rings. The van der Waals surface area contributed by atoms with E-state index >= 15 is 0 Å². The number of benzene rings is 1. The molecule has 0 aromatic heterocycles. The van der Waals surface area contributed by atoms with Crippen molar-refractivity contribution >= 4 is 45.1 Å². The highest BCUT2D eigenvalue weighted by Crippen LogP contribution is 2.52. The Balaban J connectivity index is 1.95. The molecular weight excluding hydrogens is 388 g/mol. The third-order valence-electron chi connectivity index (χ3n) is 4.16. The van der Waals surface area contributed by atoms with Gasteiger partial charge >= 0.3 is 0 Å². The number of amides is 1. The maximum Gasteiger partial charge on any atom is 0.269 e. The normalized spacial score (nSPS) is 23.0. The van der Waals surface area contributed by atoms with Crippen LogP contribution in [0.4, 0.5) is 5.69 Å². The molecule has 0 saturated carbocycles. The summed E-state index contributed by atoms with van der Waals surface area (Å²) in [4.78, 5) is 22.2. The first-order valence-corrected chi connectivity index (χ1v) is 10.7. The van der Waals surface area contributed by atoms with Crippen LogP contribution in [0.5, 0.6) is 0 Å². The Labute approximate surface area is 152 Å². The molecule has 3 N–H and O–H groups in total. The Morgan fingerprint density at radius 2 is 1.92 bits per heavy atom. The maximum absolute atomic E-state index is 13.0. The van der Waals surface area contributed by atoms with Gasteiger partial charge in [0.15, 0.2) is 0 Å². The molecule has 1 aromatic carbocycles. The number of nitrogens with two attached hydrogens (primary N) is 1. The number of nitro benzene ring substituents is 1. The van der Waals surface area contributed by atoms with Crippen LogP contribution in [-0.2, 0) is 14.8 Å². The van der Waals surface area contributed by atoms with Gasteiger partial charge in [-0.05, 0) is 18.6 Å². The molecule has 0 bridgehead atoms. The quantitative estimate of drug-likeness (QED) is 0.321. The molecule has 2 heterocycles. The average Bonchev–Trinajstić information content (AvgIpc) is 3.22. The number of hydrazine groups is 1. The number of carbonyl (C=O) groups is 1. The molecule has 1 amide bonds. The number of nitro groups is 1. The first kappa shape index (κ1) is 18.5. The molecule has 3 rings (SSSR count). The van der Waals surface area contributed by atoms with Gasteiger partial charge in [0.05, 0.1) is 13.9 Å². The van der Waals surface area contributed by atoms with Gasteiger partial charge < -0.3 is 0 Å². The lowest BCUT2D eigenvalue weighted by molar-refractivity contribution is -0.384. The van der Waals surface area contributed by atoms with E-state index in [2.05, 4.69) is 0 Å². The van der Waals surface area contributed by atoms with Gasteiger partial charge in [-0.25, -0.2) is 14.3 Å². The van der Waals surface area contributed by atoms with Crippen molar-refractivity contribution in [3.05, 3.63) is 34.4 Å². The standard InChI is InChI=1S/C13H16N4O5S3/c14-15-12(18)11-7-13(23-5-6-24-13)8-16(11)25(21,22)10-3-1-9(2-4-10)17(19)20/h1-4,11H,5-8,14H2,(H,15,18)/t11-/m0/s1. The molecule has 1 atom stereocenters. The van der Waals surface area contributed by atoms with Crippen LogP contribution in [0.1, 0.15) is 6.42 Å². The molecule has 2 aliphatic heterocycles. The molecule has 2 fully saturated rings. The summed E-state index contributed by atoms with van der Waals surface area (Å²) >= 11 is 3.30. The Hall–Kier alpha value is -1.34. The van der Waals surface area contributed by atoms with Crippen molar-refractivity contribution in [1.29, 1.82) is 0 Å². The highest BCUT2D eigenvalue weighted by molar-refractivity contribution is 8.21. The molecule has 136 valence electrons. The van der Waals surface area contributed by atoms with E-state index in [0.717, 1.165) is 27.9 Å². The second-order valence-electron chi connectivity index (χ2n) is 5.64. The largest absolute Gasteiger partial charge is 0.293 e. The van der Waals surface area contributed by atoms with Crippen molar-refractivity contribution in [2.24, 2.45) is 5.84 Å². The van der Waals surface area contributed by atoms with Gasteiger partial charge in [-0.2, -0.15) is 4.31 Å². The molecule has 0 aliphatic carbocycles. The van der Waals surface area contributed by atoms with Crippen LogP contribution >= 0.6 is 23.5 Å². The summed E-state index contributed by atoms with van der Waals surface area (Å²) in [6, 6.07) is 3.74. The number of hydrogen-bond acceptors (Lipinski definition) is 8. The topological polar surface area (TPSA) is 136 Å². The highest BCUT2D eigenvalue weighted by atomic mass is 32.2. The number of sulfonamides is 1. The first-order valence-electron chi connectivity index (χ1n) is 7.34. The lowest BCUT2D eigenvalue weighted by atomic mass is 10.2. The summed E-state index contributed by atoms with van der Waals surface area (Å²) in [5, 5.41) is 10.7. The van der Waals surface area contributed by atoms with E-state index in [1.54, 1.807) is 23.5 Å². The van der Waals surface area contributed by atoms with Gasteiger partial charge in [-0.1, -0.05) is 0 Å². The summed E-state index contributed by atoms with van der Waals surface area (Å²) in [7, 11) is -3.98. The lowest BCUT2D eigenvalue weighted by Crippen LogP contribution is -2.47. The van der Waals surface area contributed by atoms with E-state index in [9.17, 15) is 23.3 Å². The minimum absolute atomic E-state index is 0.0852. The van der Waals surface area contributed by atoms with E-state index in [-0.39, 0.29) is 21.2 Å².